The minimum absolute atomic E-state index is 0.195. The number of aliphatic hydroxyl groups excluding tert-OH is 1. The second-order valence-electron chi connectivity index (χ2n) is 5.55. The normalized spacial score (nSPS) is 12.3. The molecule has 1 heterocycles. The van der Waals surface area contributed by atoms with E-state index in [9.17, 15) is 9.50 Å². The third kappa shape index (κ3) is 5.28. The molecule has 5 nitrogen and oxygen atoms in total. The van der Waals surface area contributed by atoms with Crippen LogP contribution in [0.1, 0.15) is 5.56 Å². The first-order chi connectivity index (χ1) is 12.6. The van der Waals surface area contributed by atoms with Crippen LogP contribution in [0, 0.1) is 5.82 Å². The lowest BCUT2D eigenvalue weighted by Gasteiger charge is -2.10. The van der Waals surface area contributed by atoms with Crippen molar-refractivity contribution in [2.75, 3.05) is 12.4 Å². The Kier molecular flexibility index (Phi) is 6.62. The largest absolute Gasteiger partial charge is 0.390 e. The minimum Gasteiger partial charge on any atom is -0.390 e. The van der Waals surface area contributed by atoms with Gasteiger partial charge in [0, 0.05) is 10.8 Å². The topological polar surface area (TPSA) is 71.0 Å². The second kappa shape index (κ2) is 9.14. The lowest BCUT2D eigenvalue weighted by Crippen LogP contribution is -2.18. The highest BCUT2D eigenvalue weighted by Crippen LogP contribution is 2.22. The van der Waals surface area contributed by atoms with Crippen molar-refractivity contribution in [3.8, 4) is 11.4 Å². The SMILES string of the molecule is OC(COCc1ccc(Cl)cc1)CSc1n[nH]c(-c2ccccc2F)n1. The van der Waals surface area contributed by atoms with E-state index in [1.54, 1.807) is 30.3 Å². The van der Waals surface area contributed by atoms with Crippen molar-refractivity contribution in [1.29, 1.82) is 0 Å². The van der Waals surface area contributed by atoms with Gasteiger partial charge in [-0.3, -0.25) is 5.10 Å². The number of thioether (sulfide) groups is 1. The number of aromatic nitrogens is 3. The van der Waals surface area contributed by atoms with Gasteiger partial charge in [-0.1, -0.05) is 47.6 Å². The third-order valence-electron chi connectivity index (χ3n) is 3.49. The number of hydrogen-bond donors (Lipinski definition) is 2. The zero-order valence-corrected chi connectivity index (χ0v) is 15.3. The Labute approximate surface area is 159 Å². The van der Waals surface area contributed by atoms with Gasteiger partial charge in [-0.2, -0.15) is 0 Å². The molecule has 0 amide bonds. The number of benzene rings is 2. The molecule has 1 aromatic heterocycles. The lowest BCUT2D eigenvalue weighted by atomic mass is 10.2. The molecule has 0 aliphatic carbocycles. The van der Waals surface area contributed by atoms with Crippen molar-refractivity contribution < 1.29 is 14.2 Å². The number of aliphatic hydroxyl groups is 1. The maximum Gasteiger partial charge on any atom is 0.208 e. The Balaban J connectivity index is 1.44. The first kappa shape index (κ1) is 18.8. The molecular formula is C18H17ClFN3O2S. The predicted octanol–water partition coefficient (Wildman–Crippen LogP) is 3.93. The molecule has 0 spiro atoms. The summed E-state index contributed by atoms with van der Waals surface area (Å²) in [4.78, 5) is 4.24. The van der Waals surface area contributed by atoms with Gasteiger partial charge in [0.15, 0.2) is 5.82 Å². The summed E-state index contributed by atoms with van der Waals surface area (Å²) in [5.74, 6) is 0.366. The Morgan fingerprint density at radius 2 is 1.96 bits per heavy atom. The highest BCUT2D eigenvalue weighted by atomic mass is 35.5. The highest BCUT2D eigenvalue weighted by Gasteiger charge is 2.12. The van der Waals surface area contributed by atoms with Crippen molar-refractivity contribution in [3.63, 3.8) is 0 Å². The van der Waals surface area contributed by atoms with Gasteiger partial charge < -0.3 is 9.84 Å². The van der Waals surface area contributed by atoms with Gasteiger partial charge in [0.1, 0.15) is 5.82 Å². The quantitative estimate of drug-likeness (QED) is 0.567. The second-order valence-corrected chi connectivity index (χ2v) is 6.98. The molecule has 0 fully saturated rings. The standard InChI is InChI=1S/C18H17ClFN3O2S/c19-13-7-5-12(6-8-13)9-25-10-14(24)11-26-18-21-17(22-23-18)15-3-1-2-4-16(15)20/h1-8,14,24H,9-11H2,(H,21,22,23). The number of H-pyrrole nitrogens is 1. The molecular weight excluding hydrogens is 377 g/mol. The molecule has 136 valence electrons. The summed E-state index contributed by atoms with van der Waals surface area (Å²) in [6, 6.07) is 13.7. The van der Waals surface area contributed by atoms with Crippen molar-refractivity contribution in [3.05, 3.63) is 64.9 Å². The first-order valence-corrected chi connectivity index (χ1v) is 9.28. The van der Waals surface area contributed by atoms with Crippen LogP contribution in [0.4, 0.5) is 4.39 Å². The Morgan fingerprint density at radius 3 is 2.73 bits per heavy atom. The van der Waals surface area contributed by atoms with Gasteiger partial charge in [0.2, 0.25) is 5.16 Å². The van der Waals surface area contributed by atoms with Crippen LogP contribution in [0.3, 0.4) is 0 Å². The Morgan fingerprint density at radius 1 is 1.19 bits per heavy atom. The average molecular weight is 394 g/mol. The number of nitrogens with zero attached hydrogens (tertiary/aromatic N) is 2. The van der Waals surface area contributed by atoms with E-state index >= 15 is 0 Å². The number of nitrogens with one attached hydrogen (secondary N) is 1. The summed E-state index contributed by atoms with van der Waals surface area (Å²) in [5, 5.41) is 17.9. The third-order valence-corrected chi connectivity index (χ3v) is 4.74. The van der Waals surface area contributed by atoms with E-state index in [-0.39, 0.29) is 12.4 Å². The molecule has 1 atom stereocenters. The minimum atomic E-state index is -0.664. The van der Waals surface area contributed by atoms with Gasteiger partial charge >= 0.3 is 0 Å². The highest BCUT2D eigenvalue weighted by molar-refractivity contribution is 7.99. The van der Waals surface area contributed by atoms with E-state index in [0.717, 1.165) is 5.56 Å². The summed E-state index contributed by atoms with van der Waals surface area (Å²) >= 11 is 7.10. The van der Waals surface area contributed by atoms with Crippen molar-refractivity contribution >= 4 is 23.4 Å². The molecule has 3 rings (SSSR count). The van der Waals surface area contributed by atoms with Crippen LogP contribution < -0.4 is 0 Å². The van der Waals surface area contributed by atoms with Crippen molar-refractivity contribution in [2.24, 2.45) is 0 Å². The Hall–Kier alpha value is -1.93. The zero-order valence-electron chi connectivity index (χ0n) is 13.7. The molecule has 0 radical (unpaired) electrons. The molecule has 0 bridgehead atoms. The fraction of sp³-hybridized carbons (Fsp3) is 0.222. The molecule has 0 aliphatic rings. The maximum absolute atomic E-state index is 13.7. The van der Waals surface area contributed by atoms with E-state index in [4.69, 9.17) is 16.3 Å². The van der Waals surface area contributed by atoms with E-state index in [1.165, 1.54) is 17.8 Å². The Bertz CT molecular complexity index is 844. The number of ether oxygens (including phenoxy) is 1. The van der Waals surface area contributed by atoms with Crippen LogP contribution in [-0.4, -0.2) is 38.8 Å². The van der Waals surface area contributed by atoms with E-state index in [2.05, 4.69) is 15.2 Å². The number of halogens is 2. The van der Waals surface area contributed by atoms with E-state index in [1.807, 2.05) is 12.1 Å². The van der Waals surface area contributed by atoms with Crippen LogP contribution in [-0.2, 0) is 11.3 Å². The zero-order chi connectivity index (χ0) is 18.4. The molecule has 26 heavy (non-hydrogen) atoms. The van der Waals surface area contributed by atoms with Gasteiger partial charge in [-0.25, -0.2) is 9.37 Å². The van der Waals surface area contributed by atoms with Gasteiger partial charge in [0.05, 0.1) is 24.9 Å². The number of rotatable bonds is 8. The van der Waals surface area contributed by atoms with Gasteiger partial charge in [-0.15, -0.1) is 5.10 Å². The molecule has 0 saturated carbocycles. The molecule has 0 aliphatic heterocycles. The van der Waals surface area contributed by atoms with Crippen molar-refractivity contribution in [2.45, 2.75) is 17.9 Å². The van der Waals surface area contributed by atoms with Gasteiger partial charge in [0.25, 0.3) is 0 Å². The molecule has 2 N–H and O–H groups in total. The summed E-state index contributed by atoms with van der Waals surface area (Å²) in [6.45, 7) is 0.594. The fourth-order valence-corrected chi connectivity index (χ4v) is 3.03. The average Bonchev–Trinajstić information content (AvgIpc) is 3.11. The van der Waals surface area contributed by atoms with E-state index in [0.29, 0.717) is 33.9 Å². The summed E-state index contributed by atoms with van der Waals surface area (Å²) in [5.41, 5.74) is 1.34. The smallest absolute Gasteiger partial charge is 0.208 e. The molecule has 1 unspecified atom stereocenters. The molecule has 0 saturated heterocycles. The fourth-order valence-electron chi connectivity index (χ4n) is 2.20. The van der Waals surface area contributed by atoms with Crippen LogP contribution >= 0.6 is 23.4 Å². The van der Waals surface area contributed by atoms with Crippen molar-refractivity contribution in [1.82, 2.24) is 15.2 Å². The summed E-state index contributed by atoms with van der Waals surface area (Å²) < 4.78 is 19.2. The number of aromatic amines is 1. The lowest BCUT2D eigenvalue weighted by molar-refractivity contribution is 0.0398. The van der Waals surface area contributed by atoms with Crippen LogP contribution in [0.2, 0.25) is 5.02 Å². The molecule has 3 aromatic rings. The van der Waals surface area contributed by atoms with Crippen LogP contribution in [0.25, 0.3) is 11.4 Å². The van der Waals surface area contributed by atoms with Gasteiger partial charge in [-0.05, 0) is 29.8 Å². The molecule has 2 aromatic carbocycles. The monoisotopic (exact) mass is 393 g/mol. The summed E-state index contributed by atoms with van der Waals surface area (Å²) in [7, 11) is 0. The van der Waals surface area contributed by atoms with E-state index < -0.39 is 6.10 Å². The van der Waals surface area contributed by atoms with Crippen LogP contribution in [0.15, 0.2) is 53.7 Å². The van der Waals surface area contributed by atoms with Crippen LogP contribution in [0.5, 0.6) is 0 Å². The molecule has 8 heteroatoms. The predicted molar refractivity (Wildman–Crippen MR) is 99.6 cm³/mol. The summed E-state index contributed by atoms with van der Waals surface area (Å²) in [6.07, 6.45) is -0.664. The number of hydrogen-bond acceptors (Lipinski definition) is 5. The maximum atomic E-state index is 13.7. The first-order valence-electron chi connectivity index (χ1n) is 7.92.